The van der Waals surface area contributed by atoms with Gasteiger partial charge in [0, 0.05) is 29.2 Å². The highest BCUT2D eigenvalue weighted by molar-refractivity contribution is 5.95. The predicted octanol–water partition coefficient (Wildman–Crippen LogP) is 4.33. The molecule has 0 aliphatic carbocycles. The zero-order chi connectivity index (χ0) is 22.8. The minimum absolute atomic E-state index is 0.0240. The van der Waals surface area contributed by atoms with Gasteiger partial charge in [0.1, 0.15) is 0 Å². The van der Waals surface area contributed by atoms with Gasteiger partial charge in [-0.15, -0.1) is 5.10 Å². The zero-order valence-electron chi connectivity index (χ0n) is 19.0. The molecule has 168 valence electrons. The summed E-state index contributed by atoms with van der Waals surface area (Å²) in [5.74, 6) is 0.555. The SMILES string of the molecule is Cc1cccc(N(c2ccc(C(=O)NC3CCN(C)CC3)cc2)c2nc3ccccn3n2)c1. The minimum Gasteiger partial charge on any atom is -0.349 e. The summed E-state index contributed by atoms with van der Waals surface area (Å²) < 4.78 is 1.77. The molecule has 7 nitrogen and oxygen atoms in total. The van der Waals surface area contributed by atoms with Crippen molar-refractivity contribution in [2.24, 2.45) is 0 Å². The van der Waals surface area contributed by atoms with Crippen LogP contribution in [0, 0.1) is 6.92 Å². The summed E-state index contributed by atoms with van der Waals surface area (Å²) in [5, 5.41) is 7.87. The van der Waals surface area contributed by atoms with Crippen molar-refractivity contribution in [3.8, 4) is 0 Å². The molecule has 1 fully saturated rings. The Kier molecular flexibility index (Phi) is 5.79. The average molecular weight is 441 g/mol. The van der Waals surface area contributed by atoms with E-state index in [0.29, 0.717) is 11.5 Å². The van der Waals surface area contributed by atoms with Crippen molar-refractivity contribution in [3.63, 3.8) is 0 Å². The summed E-state index contributed by atoms with van der Waals surface area (Å²) in [6.07, 6.45) is 3.86. The summed E-state index contributed by atoms with van der Waals surface area (Å²) in [5.41, 5.74) is 4.45. The van der Waals surface area contributed by atoms with Crippen LogP contribution in [0.4, 0.5) is 17.3 Å². The third-order valence-corrected chi connectivity index (χ3v) is 6.13. The lowest BCUT2D eigenvalue weighted by Crippen LogP contribution is -2.43. The number of amides is 1. The monoisotopic (exact) mass is 440 g/mol. The van der Waals surface area contributed by atoms with Crippen LogP contribution in [-0.2, 0) is 0 Å². The largest absolute Gasteiger partial charge is 0.349 e. The van der Waals surface area contributed by atoms with Crippen molar-refractivity contribution < 1.29 is 4.79 Å². The van der Waals surface area contributed by atoms with Gasteiger partial charge in [-0.2, -0.15) is 4.98 Å². The number of aryl methyl sites for hydroxylation is 1. The van der Waals surface area contributed by atoms with E-state index in [-0.39, 0.29) is 11.9 Å². The van der Waals surface area contributed by atoms with Crippen LogP contribution in [-0.4, -0.2) is 51.6 Å². The van der Waals surface area contributed by atoms with Crippen molar-refractivity contribution >= 4 is 28.9 Å². The smallest absolute Gasteiger partial charge is 0.254 e. The molecule has 0 spiro atoms. The molecule has 33 heavy (non-hydrogen) atoms. The topological polar surface area (TPSA) is 65.8 Å². The second-order valence-corrected chi connectivity index (χ2v) is 8.69. The van der Waals surface area contributed by atoms with Crippen molar-refractivity contribution in [2.75, 3.05) is 25.0 Å². The first kappa shape index (κ1) is 21.2. The van der Waals surface area contributed by atoms with E-state index in [1.807, 2.05) is 65.7 Å². The third-order valence-electron chi connectivity index (χ3n) is 6.13. The van der Waals surface area contributed by atoms with Gasteiger partial charge >= 0.3 is 0 Å². The molecule has 0 bridgehead atoms. The zero-order valence-corrected chi connectivity index (χ0v) is 19.0. The Hall–Kier alpha value is -3.71. The molecular formula is C26H28N6O. The Morgan fingerprint density at radius 3 is 2.52 bits per heavy atom. The van der Waals surface area contributed by atoms with Gasteiger partial charge in [-0.3, -0.25) is 9.69 Å². The standard InChI is InChI=1S/C26H28N6O/c1-19-6-5-7-23(18-19)32(26-28-24-8-3-4-15-31(24)29-26)22-11-9-20(10-12-22)25(33)27-21-13-16-30(2)17-14-21/h3-12,15,18,21H,13-14,16-17H2,1-2H3,(H,27,33). The molecule has 1 amide bonds. The van der Waals surface area contributed by atoms with Crippen molar-refractivity contribution in [1.82, 2.24) is 24.8 Å². The van der Waals surface area contributed by atoms with E-state index in [0.717, 1.165) is 48.5 Å². The third kappa shape index (κ3) is 4.59. The normalized spacial score (nSPS) is 15.0. The Morgan fingerprint density at radius 1 is 1.00 bits per heavy atom. The van der Waals surface area contributed by atoms with E-state index in [1.165, 1.54) is 0 Å². The van der Waals surface area contributed by atoms with Crippen LogP contribution < -0.4 is 10.2 Å². The van der Waals surface area contributed by atoms with E-state index in [4.69, 9.17) is 4.98 Å². The van der Waals surface area contributed by atoms with E-state index >= 15 is 0 Å². The number of fused-ring (bicyclic) bond motifs is 1. The number of likely N-dealkylation sites (tertiary alicyclic amines) is 1. The molecule has 3 heterocycles. The van der Waals surface area contributed by atoms with E-state index in [1.54, 1.807) is 4.52 Å². The molecule has 1 aliphatic rings. The molecular weight excluding hydrogens is 412 g/mol. The van der Waals surface area contributed by atoms with Crippen LogP contribution in [0.3, 0.4) is 0 Å². The minimum atomic E-state index is -0.0240. The Bertz CT molecular complexity index is 1220. The van der Waals surface area contributed by atoms with Gasteiger partial charge in [0.15, 0.2) is 5.65 Å². The number of nitrogens with zero attached hydrogens (tertiary/aromatic N) is 5. The Morgan fingerprint density at radius 2 is 1.79 bits per heavy atom. The van der Waals surface area contributed by atoms with Gasteiger partial charge in [-0.25, -0.2) is 4.52 Å². The molecule has 5 rings (SSSR count). The molecule has 7 heteroatoms. The number of carbonyl (C=O) groups excluding carboxylic acids is 1. The summed E-state index contributed by atoms with van der Waals surface area (Å²) in [6, 6.07) is 21.9. The second-order valence-electron chi connectivity index (χ2n) is 8.69. The van der Waals surface area contributed by atoms with Gasteiger partial charge in [0.2, 0.25) is 0 Å². The highest BCUT2D eigenvalue weighted by atomic mass is 16.1. The maximum atomic E-state index is 12.8. The number of carbonyl (C=O) groups is 1. The predicted molar refractivity (Wildman–Crippen MR) is 130 cm³/mol. The molecule has 1 N–H and O–H groups in total. The van der Waals surface area contributed by atoms with E-state index in [2.05, 4.69) is 41.4 Å². The average Bonchev–Trinajstić information content (AvgIpc) is 3.25. The Labute approximate surface area is 193 Å². The first-order chi connectivity index (χ1) is 16.1. The highest BCUT2D eigenvalue weighted by Crippen LogP contribution is 2.33. The lowest BCUT2D eigenvalue weighted by molar-refractivity contribution is 0.0917. The van der Waals surface area contributed by atoms with Crippen LogP contribution in [0.1, 0.15) is 28.8 Å². The summed E-state index contributed by atoms with van der Waals surface area (Å²) >= 11 is 0. The van der Waals surface area contributed by atoms with Crippen LogP contribution in [0.15, 0.2) is 72.9 Å². The van der Waals surface area contributed by atoms with Gasteiger partial charge in [-0.05, 0) is 94.0 Å². The summed E-state index contributed by atoms with van der Waals surface area (Å²) in [6.45, 7) is 4.10. The van der Waals surface area contributed by atoms with Gasteiger partial charge in [0.05, 0.1) is 0 Å². The maximum Gasteiger partial charge on any atom is 0.254 e. The quantitative estimate of drug-likeness (QED) is 0.500. The highest BCUT2D eigenvalue weighted by Gasteiger charge is 2.21. The molecule has 2 aromatic heterocycles. The van der Waals surface area contributed by atoms with Crippen LogP contribution in [0.5, 0.6) is 0 Å². The number of hydrogen-bond acceptors (Lipinski definition) is 5. The molecule has 0 radical (unpaired) electrons. The van der Waals surface area contributed by atoms with Crippen LogP contribution >= 0.6 is 0 Å². The molecule has 0 saturated carbocycles. The number of benzene rings is 2. The number of aromatic nitrogens is 3. The molecule has 1 saturated heterocycles. The number of pyridine rings is 1. The number of piperidine rings is 1. The molecule has 0 unspecified atom stereocenters. The van der Waals surface area contributed by atoms with Gasteiger partial charge < -0.3 is 10.2 Å². The number of rotatable bonds is 5. The Balaban J connectivity index is 1.43. The molecule has 1 aliphatic heterocycles. The van der Waals surface area contributed by atoms with E-state index in [9.17, 15) is 4.79 Å². The first-order valence-electron chi connectivity index (χ1n) is 11.3. The molecule has 2 aromatic carbocycles. The fraction of sp³-hybridized carbons (Fsp3) is 0.269. The lowest BCUT2D eigenvalue weighted by atomic mass is 10.0. The fourth-order valence-electron chi connectivity index (χ4n) is 4.25. The lowest BCUT2D eigenvalue weighted by Gasteiger charge is -2.29. The molecule has 0 atom stereocenters. The van der Waals surface area contributed by atoms with Crippen molar-refractivity contribution in [3.05, 3.63) is 84.1 Å². The van der Waals surface area contributed by atoms with Crippen molar-refractivity contribution in [2.45, 2.75) is 25.8 Å². The van der Waals surface area contributed by atoms with Gasteiger partial charge in [-0.1, -0.05) is 18.2 Å². The first-order valence-corrected chi connectivity index (χ1v) is 11.3. The second kappa shape index (κ2) is 9.03. The number of anilines is 3. The number of nitrogens with one attached hydrogen (secondary N) is 1. The van der Waals surface area contributed by atoms with Crippen LogP contribution in [0.2, 0.25) is 0 Å². The van der Waals surface area contributed by atoms with Crippen LogP contribution in [0.25, 0.3) is 5.65 Å². The summed E-state index contributed by atoms with van der Waals surface area (Å²) in [7, 11) is 2.12. The van der Waals surface area contributed by atoms with E-state index < -0.39 is 0 Å². The number of hydrogen-bond donors (Lipinski definition) is 1. The van der Waals surface area contributed by atoms with Crippen molar-refractivity contribution in [1.29, 1.82) is 0 Å². The summed E-state index contributed by atoms with van der Waals surface area (Å²) in [4.78, 5) is 21.9. The molecule has 4 aromatic rings. The fourth-order valence-corrected chi connectivity index (χ4v) is 4.25. The maximum absolute atomic E-state index is 12.8. The van der Waals surface area contributed by atoms with Gasteiger partial charge in [0.25, 0.3) is 11.9 Å².